The fourth-order valence-electron chi connectivity index (χ4n) is 4.00. The van der Waals surface area contributed by atoms with Crippen LogP contribution in [0.1, 0.15) is 23.2 Å². The van der Waals surface area contributed by atoms with Gasteiger partial charge in [0, 0.05) is 38.3 Å². The van der Waals surface area contributed by atoms with Crippen molar-refractivity contribution in [2.24, 2.45) is 0 Å². The Hall–Kier alpha value is -1.50. The number of hydrogen-bond acceptors (Lipinski definition) is 4. The molecule has 1 amide bonds. The molecule has 1 aromatic carbocycles. The number of ether oxygens (including phenoxy) is 2. The third kappa shape index (κ3) is 3.18. The summed E-state index contributed by atoms with van der Waals surface area (Å²) in [6, 6.07) is 6.10. The Bertz CT molecular complexity index is 606. The average molecular weight is 334 g/mol. The Labute approximate surface area is 141 Å². The number of carbonyl (C=O) groups excluding carboxylic acids is 1. The molecule has 0 aromatic heterocycles. The Kier molecular flexibility index (Phi) is 4.52. The summed E-state index contributed by atoms with van der Waals surface area (Å²) in [7, 11) is 0. The predicted octanol–water partition coefficient (Wildman–Crippen LogP) is 1.53. The lowest BCUT2D eigenvalue weighted by molar-refractivity contribution is -0.0614. The monoisotopic (exact) mass is 334 g/mol. The van der Waals surface area contributed by atoms with E-state index in [2.05, 4.69) is 4.90 Å². The van der Waals surface area contributed by atoms with Crippen LogP contribution < -0.4 is 0 Å². The van der Waals surface area contributed by atoms with E-state index in [-0.39, 0.29) is 23.9 Å². The summed E-state index contributed by atoms with van der Waals surface area (Å²) in [5, 5.41) is 0. The van der Waals surface area contributed by atoms with Crippen LogP contribution in [0.5, 0.6) is 0 Å². The molecule has 4 rings (SSSR count). The molecule has 3 atom stereocenters. The van der Waals surface area contributed by atoms with Gasteiger partial charge in [0.05, 0.1) is 24.9 Å². The number of likely N-dealkylation sites (tertiary alicyclic amines) is 1. The maximum absolute atomic E-state index is 13.4. The lowest BCUT2D eigenvalue weighted by Crippen LogP contribution is -2.52. The fourth-order valence-corrected chi connectivity index (χ4v) is 4.00. The number of hydrogen-bond donors (Lipinski definition) is 0. The third-order valence-electron chi connectivity index (χ3n) is 5.24. The highest BCUT2D eigenvalue weighted by molar-refractivity contribution is 5.94. The fraction of sp³-hybridized carbons (Fsp3) is 0.611. The van der Waals surface area contributed by atoms with Gasteiger partial charge in [-0.25, -0.2) is 4.39 Å². The van der Waals surface area contributed by atoms with Gasteiger partial charge in [-0.1, -0.05) is 6.07 Å². The molecule has 0 radical (unpaired) electrons. The van der Waals surface area contributed by atoms with Gasteiger partial charge in [0.25, 0.3) is 5.91 Å². The summed E-state index contributed by atoms with van der Waals surface area (Å²) in [4.78, 5) is 16.8. The summed E-state index contributed by atoms with van der Waals surface area (Å²) in [6.45, 7) is 4.54. The number of morpholine rings is 1. The first-order chi connectivity index (χ1) is 11.7. The van der Waals surface area contributed by atoms with E-state index < -0.39 is 0 Å². The summed E-state index contributed by atoms with van der Waals surface area (Å²) in [5.41, 5.74) is 0.402. The zero-order valence-corrected chi connectivity index (χ0v) is 13.7. The van der Waals surface area contributed by atoms with E-state index in [1.165, 1.54) is 12.1 Å². The van der Waals surface area contributed by atoms with Crippen molar-refractivity contribution in [2.75, 3.05) is 39.4 Å². The standard InChI is InChI=1S/C18H23FN2O3/c19-14-4-1-3-13(9-14)18(22)21-11-16-17(12-21)24-8-6-20(16)10-15-5-2-7-23-15/h1,3-4,9,15-17H,2,5-8,10-12H2/t15-,16+,17-/m0/s1. The topological polar surface area (TPSA) is 42.0 Å². The van der Waals surface area contributed by atoms with Gasteiger partial charge < -0.3 is 14.4 Å². The molecule has 3 aliphatic heterocycles. The second-order valence-electron chi connectivity index (χ2n) is 6.83. The van der Waals surface area contributed by atoms with Crippen molar-refractivity contribution in [1.82, 2.24) is 9.80 Å². The van der Waals surface area contributed by atoms with Crippen molar-refractivity contribution >= 4 is 5.91 Å². The number of carbonyl (C=O) groups is 1. The largest absolute Gasteiger partial charge is 0.377 e. The van der Waals surface area contributed by atoms with Crippen molar-refractivity contribution in [3.8, 4) is 0 Å². The molecular formula is C18H23FN2O3. The van der Waals surface area contributed by atoms with Crippen molar-refractivity contribution in [3.63, 3.8) is 0 Å². The molecule has 3 aliphatic rings. The second-order valence-corrected chi connectivity index (χ2v) is 6.83. The van der Waals surface area contributed by atoms with E-state index in [4.69, 9.17) is 9.47 Å². The lowest BCUT2D eigenvalue weighted by Gasteiger charge is -2.37. The summed E-state index contributed by atoms with van der Waals surface area (Å²) < 4.78 is 25.0. The van der Waals surface area contributed by atoms with Crippen LogP contribution in [0.2, 0.25) is 0 Å². The maximum Gasteiger partial charge on any atom is 0.254 e. The van der Waals surface area contributed by atoms with Gasteiger partial charge in [0.15, 0.2) is 0 Å². The Morgan fingerprint density at radius 2 is 2.17 bits per heavy atom. The van der Waals surface area contributed by atoms with Gasteiger partial charge in [0.1, 0.15) is 5.82 Å². The minimum Gasteiger partial charge on any atom is -0.377 e. The second kappa shape index (κ2) is 6.78. The molecule has 6 heteroatoms. The zero-order chi connectivity index (χ0) is 16.5. The van der Waals surface area contributed by atoms with Crippen LogP contribution in [0, 0.1) is 5.82 Å². The SMILES string of the molecule is O=C(c1cccc(F)c1)N1C[C@@H]2OCCN(C[C@@H]3CCCO3)[C@@H]2C1. The van der Waals surface area contributed by atoms with Crippen LogP contribution in [0.3, 0.4) is 0 Å². The van der Waals surface area contributed by atoms with Gasteiger partial charge in [0.2, 0.25) is 0 Å². The van der Waals surface area contributed by atoms with E-state index in [1.807, 2.05) is 0 Å². The first kappa shape index (κ1) is 16.0. The molecular weight excluding hydrogens is 311 g/mol. The molecule has 1 aromatic rings. The van der Waals surface area contributed by atoms with Gasteiger partial charge in [-0.05, 0) is 31.0 Å². The first-order valence-electron chi connectivity index (χ1n) is 8.73. The molecule has 5 nitrogen and oxygen atoms in total. The van der Waals surface area contributed by atoms with Crippen LogP contribution >= 0.6 is 0 Å². The number of benzene rings is 1. The van der Waals surface area contributed by atoms with Crippen molar-refractivity contribution in [2.45, 2.75) is 31.1 Å². The lowest BCUT2D eigenvalue weighted by atomic mass is 10.1. The number of halogens is 1. The molecule has 130 valence electrons. The van der Waals surface area contributed by atoms with E-state index in [0.717, 1.165) is 32.5 Å². The van der Waals surface area contributed by atoms with Gasteiger partial charge in [-0.3, -0.25) is 9.69 Å². The smallest absolute Gasteiger partial charge is 0.254 e. The van der Waals surface area contributed by atoms with Crippen LogP contribution in [0.25, 0.3) is 0 Å². The van der Waals surface area contributed by atoms with Gasteiger partial charge >= 0.3 is 0 Å². The average Bonchev–Trinajstić information content (AvgIpc) is 3.24. The molecule has 0 bridgehead atoms. The maximum atomic E-state index is 13.4. The predicted molar refractivity (Wildman–Crippen MR) is 86.4 cm³/mol. The highest BCUT2D eigenvalue weighted by atomic mass is 19.1. The van der Waals surface area contributed by atoms with E-state index in [9.17, 15) is 9.18 Å². The summed E-state index contributed by atoms with van der Waals surface area (Å²) in [6.07, 6.45) is 2.59. The minimum atomic E-state index is -0.381. The zero-order valence-electron chi connectivity index (χ0n) is 13.7. The first-order valence-corrected chi connectivity index (χ1v) is 8.73. The Balaban J connectivity index is 1.44. The van der Waals surface area contributed by atoms with Crippen molar-refractivity contribution < 1.29 is 18.7 Å². The van der Waals surface area contributed by atoms with Crippen LogP contribution in [-0.4, -0.2) is 73.3 Å². The number of fused-ring (bicyclic) bond motifs is 1. The normalized spacial score (nSPS) is 30.5. The highest BCUT2D eigenvalue weighted by Crippen LogP contribution is 2.26. The molecule has 24 heavy (non-hydrogen) atoms. The Morgan fingerprint density at radius 3 is 2.96 bits per heavy atom. The van der Waals surface area contributed by atoms with Crippen LogP contribution in [-0.2, 0) is 9.47 Å². The molecule has 3 saturated heterocycles. The quantitative estimate of drug-likeness (QED) is 0.841. The molecule has 0 N–H and O–H groups in total. The van der Waals surface area contributed by atoms with Crippen LogP contribution in [0.15, 0.2) is 24.3 Å². The molecule has 0 aliphatic carbocycles. The van der Waals surface area contributed by atoms with Gasteiger partial charge in [-0.2, -0.15) is 0 Å². The Morgan fingerprint density at radius 1 is 1.25 bits per heavy atom. The molecule has 0 spiro atoms. The van der Waals surface area contributed by atoms with Gasteiger partial charge in [-0.15, -0.1) is 0 Å². The molecule has 3 fully saturated rings. The summed E-state index contributed by atoms with van der Waals surface area (Å²) >= 11 is 0. The third-order valence-corrected chi connectivity index (χ3v) is 5.24. The molecule has 3 heterocycles. The van der Waals surface area contributed by atoms with E-state index >= 15 is 0 Å². The number of amides is 1. The van der Waals surface area contributed by atoms with E-state index in [0.29, 0.717) is 31.4 Å². The summed E-state index contributed by atoms with van der Waals surface area (Å²) in [5.74, 6) is -0.502. The number of nitrogens with zero attached hydrogens (tertiary/aromatic N) is 2. The van der Waals surface area contributed by atoms with E-state index in [1.54, 1.807) is 17.0 Å². The molecule has 0 unspecified atom stereocenters. The minimum absolute atomic E-state index is 0.0395. The van der Waals surface area contributed by atoms with Crippen molar-refractivity contribution in [1.29, 1.82) is 0 Å². The highest BCUT2D eigenvalue weighted by Gasteiger charge is 2.42. The number of rotatable bonds is 3. The van der Waals surface area contributed by atoms with Crippen molar-refractivity contribution in [3.05, 3.63) is 35.6 Å². The molecule has 0 saturated carbocycles. The van der Waals surface area contributed by atoms with Crippen LogP contribution in [0.4, 0.5) is 4.39 Å².